The van der Waals surface area contributed by atoms with Gasteiger partial charge in [0.15, 0.2) is 0 Å². The maximum atomic E-state index is 5.94. The summed E-state index contributed by atoms with van der Waals surface area (Å²) < 4.78 is 11.9. The van der Waals surface area contributed by atoms with E-state index in [1.807, 2.05) is 24.3 Å². The molecular formula is C15H25ClO2Si. The monoisotopic (exact) mass is 300 g/mol. The molecule has 2 nitrogen and oxygen atoms in total. The van der Waals surface area contributed by atoms with Crippen molar-refractivity contribution in [2.75, 3.05) is 6.61 Å². The zero-order valence-electron chi connectivity index (χ0n) is 12.4. The van der Waals surface area contributed by atoms with Crippen LogP contribution in [0.5, 0.6) is 0 Å². The molecule has 1 aromatic carbocycles. The van der Waals surface area contributed by atoms with Crippen LogP contribution in [0.15, 0.2) is 24.3 Å². The van der Waals surface area contributed by atoms with Crippen molar-refractivity contribution >= 4 is 20.2 Å². The average Bonchev–Trinajstić information content (AvgIpc) is 2.34. The van der Waals surface area contributed by atoms with Crippen molar-refractivity contribution in [2.45, 2.75) is 46.4 Å². The minimum absolute atomic E-state index is 0.598. The van der Waals surface area contributed by atoms with Crippen LogP contribution in [0.25, 0.3) is 0 Å². The van der Waals surface area contributed by atoms with Gasteiger partial charge in [-0.25, -0.2) is 0 Å². The Kier molecular flexibility index (Phi) is 7.08. The van der Waals surface area contributed by atoms with Crippen molar-refractivity contribution in [2.24, 2.45) is 5.92 Å². The second-order valence-electron chi connectivity index (χ2n) is 5.70. The first-order valence-electron chi connectivity index (χ1n) is 6.91. The minimum atomic E-state index is -2.00. The van der Waals surface area contributed by atoms with E-state index in [9.17, 15) is 0 Å². The van der Waals surface area contributed by atoms with Crippen molar-refractivity contribution in [3.05, 3.63) is 34.9 Å². The van der Waals surface area contributed by atoms with E-state index in [2.05, 4.69) is 26.9 Å². The van der Waals surface area contributed by atoms with E-state index in [1.165, 1.54) is 6.42 Å². The second kappa shape index (κ2) is 8.05. The molecule has 108 valence electrons. The average molecular weight is 301 g/mol. The standard InChI is InChI=1S/C15H25ClO2Si/c1-13(2)6-5-11-17-19(3,4)18-12-14-7-9-15(16)10-8-14/h7-10,13H,5-6,11-12H2,1-4H3. The van der Waals surface area contributed by atoms with Gasteiger partial charge in [-0.3, -0.25) is 0 Å². The van der Waals surface area contributed by atoms with Gasteiger partial charge >= 0.3 is 8.56 Å². The van der Waals surface area contributed by atoms with Crippen molar-refractivity contribution in [3.8, 4) is 0 Å². The highest BCUT2D eigenvalue weighted by Gasteiger charge is 2.24. The van der Waals surface area contributed by atoms with Crippen molar-refractivity contribution in [3.63, 3.8) is 0 Å². The fraction of sp³-hybridized carbons (Fsp3) is 0.600. The molecule has 0 aliphatic heterocycles. The topological polar surface area (TPSA) is 18.5 Å². The SMILES string of the molecule is CC(C)CCCO[Si](C)(C)OCc1ccc(Cl)cc1. The summed E-state index contributed by atoms with van der Waals surface area (Å²) in [7, 11) is -2.00. The zero-order valence-corrected chi connectivity index (χ0v) is 14.2. The molecule has 0 heterocycles. The van der Waals surface area contributed by atoms with Gasteiger partial charge in [-0.15, -0.1) is 0 Å². The van der Waals surface area contributed by atoms with E-state index < -0.39 is 8.56 Å². The first-order valence-corrected chi connectivity index (χ1v) is 10.1. The maximum absolute atomic E-state index is 5.94. The molecule has 0 fully saturated rings. The first-order chi connectivity index (χ1) is 8.89. The van der Waals surface area contributed by atoms with Crippen LogP contribution in [0.4, 0.5) is 0 Å². The molecule has 0 aliphatic carbocycles. The molecule has 0 amide bonds. The molecule has 4 heteroatoms. The first kappa shape index (κ1) is 16.7. The predicted octanol–water partition coefficient (Wildman–Crippen LogP) is 5.01. The van der Waals surface area contributed by atoms with E-state index >= 15 is 0 Å². The number of halogens is 1. The fourth-order valence-corrected chi connectivity index (χ4v) is 3.05. The van der Waals surface area contributed by atoms with E-state index in [-0.39, 0.29) is 0 Å². The molecule has 0 unspecified atom stereocenters. The molecule has 0 N–H and O–H groups in total. The molecule has 1 aromatic rings. The van der Waals surface area contributed by atoms with E-state index in [1.54, 1.807) is 0 Å². The minimum Gasteiger partial charge on any atom is -0.395 e. The molecule has 0 bridgehead atoms. The Morgan fingerprint density at radius 1 is 1.11 bits per heavy atom. The number of benzene rings is 1. The van der Waals surface area contributed by atoms with Crippen LogP contribution in [0, 0.1) is 5.92 Å². The van der Waals surface area contributed by atoms with Gasteiger partial charge in [-0.2, -0.15) is 0 Å². The quantitative estimate of drug-likeness (QED) is 0.496. The van der Waals surface area contributed by atoms with E-state index in [4.69, 9.17) is 20.5 Å². The highest BCUT2D eigenvalue weighted by atomic mass is 35.5. The molecule has 0 atom stereocenters. The fourth-order valence-electron chi connectivity index (χ4n) is 1.69. The molecule has 0 spiro atoms. The normalized spacial score (nSPS) is 12.1. The van der Waals surface area contributed by atoms with Gasteiger partial charge < -0.3 is 8.85 Å². The third kappa shape index (κ3) is 7.73. The van der Waals surface area contributed by atoms with Crippen LogP contribution < -0.4 is 0 Å². The van der Waals surface area contributed by atoms with Gasteiger partial charge in [-0.05, 0) is 49.5 Å². The number of rotatable bonds is 8. The summed E-state index contributed by atoms with van der Waals surface area (Å²) in [6.07, 6.45) is 2.32. The highest BCUT2D eigenvalue weighted by Crippen LogP contribution is 2.15. The molecular weight excluding hydrogens is 276 g/mol. The Morgan fingerprint density at radius 3 is 2.32 bits per heavy atom. The lowest BCUT2D eigenvalue weighted by Gasteiger charge is -2.23. The molecule has 0 saturated carbocycles. The smallest absolute Gasteiger partial charge is 0.332 e. The van der Waals surface area contributed by atoms with Gasteiger partial charge in [0.25, 0.3) is 0 Å². The van der Waals surface area contributed by atoms with Crippen LogP contribution in [0.1, 0.15) is 32.3 Å². The summed E-state index contributed by atoms with van der Waals surface area (Å²) in [5, 5.41) is 0.755. The Balaban J connectivity index is 2.27. The van der Waals surface area contributed by atoms with Crippen LogP contribution >= 0.6 is 11.6 Å². The number of hydrogen-bond donors (Lipinski definition) is 0. The van der Waals surface area contributed by atoms with Crippen molar-refractivity contribution in [1.29, 1.82) is 0 Å². The summed E-state index contributed by atoms with van der Waals surface area (Å²) in [6.45, 7) is 10.1. The third-order valence-electron chi connectivity index (χ3n) is 2.88. The van der Waals surface area contributed by atoms with Gasteiger partial charge in [0.05, 0.1) is 6.61 Å². The van der Waals surface area contributed by atoms with Crippen LogP contribution in [-0.4, -0.2) is 15.2 Å². The van der Waals surface area contributed by atoms with Gasteiger partial charge in [0, 0.05) is 11.6 Å². The Bertz CT molecular complexity index is 363. The summed E-state index contributed by atoms with van der Waals surface area (Å²) in [6, 6.07) is 7.76. The molecule has 0 radical (unpaired) electrons. The van der Waals surface area contributed by atoms with Gasteiger partial charge in [0.1, 0.15) is 0 Å². The summed E-state index contributed by atoms with van der Waals surface area (Å²) >= 11 is 5.85. The lowest BCUT2D eigenvalue weighted by molar-refractivity contribution is 0.167. The van der Waals surface area contributed by atoms with E-state index in [0.29, 0.717) is 6.61 Å². The largest absolute Gasteiger partial charge is 0.395 e. The zero-order chi connectivity index (χ0) is 14.3. The van der Waals surface area contributed by atoms with Gasteiger partial charge in [-0.1, -0.05) is 37.6 Å². The van der Waals surface area contributed by atoms with Gasteiger partial charge in [0.2, 0.25) is 0 Å². The second-order valence-corrected chi connectivity index (χ2v) is 9.51. The summed E-state index contributed by atoms with van der Waals surface area (Å²) in [5.41, 5.74) is 1.13. The molecule has 0 aromatic heterocycles. The van der Waals surface area contributed by atoms with E-state index in [0.717, 1.165) is 29.5 Å². The summed E-state index contributed by atoms with van der Waals surface area (Å²) in [5.74, 6) is 0.739. The molecule has 0 aliphatic rings. The van der Waals surface area contributed by atoms with Crippen LogP contribution in [0.3, 0.4) is 0 Å². The Labute approximate surface area is 123 Å². The lowest BCUT2D eigenvalue weighted by atomic mass is 10.1. The molecule has 0 saturated heterocycles. The maximum Gasteiger partial charge on any atom is 0.332 e. The molecule has 19 heavy (non-hydrogen) atoms. The summed E-state index contributed by atoms with van der Waals surface area (Å²) in [4.78, 5) is 0. The van der Waals surface area contributed by atoms with Crippen molar-refractivity contribution < 1.29 is 8.85 Å². The Morgan fingerprint density at radius 2 is 1.74 bits per heavy atom. The highest BCUT2D eigenvalue weighted by molar-refractivity contribution is 6.64. The van der Waals surface area contributed by atoms with Crippen LogP contribution in [0.2, 0.25) is 18.1 Å². The molecule has 1 rings (SSSR count). The van der Waals surface area contributed by atoms with Crippen molar-refractivity contribution in [1.82, 2.24) is 0 Å². The van der Waals surface area contributed by atoms with Crippen LogP contribution in [-0.2, 0) is 15.5 Å². The number of hydrogen-bond acceptors (Lipinski definition) is 2. The predicted molar refractivity (Wildman–Crippen MR) is 83.7 cm³/mol. The lowest BCUT2D eigenvalue weighted by Crippen LogP contribution is -2.35. The Hall–Kier alpha value is -0.353. The third-order valence-corrected chi connectivity index (χ3v) is 4.87.